The Balaban J connectivity index is 1.63. The molecule has 198 valence electrons. The van der Waals surface area contributed by atoms with E-state index in [0.717, 1.165) is 0 Å². The fourth-order valence-corrected chi connectivity index (χ4v) is 5.87. The van der Waals surface area contributed by atoms with Crippen LogP contribution in [-0.2, 0) is 16.3 Å². The van der Waals surface area contributed by atoms with Gasteiger partial charge in [0, 0.05) is 43.2 Å². The molecule has 1 aromatic heterocycles. The van der Waals surface area contributed by atoms with Gasteiger partial charge in [-0.2, -0.15) is 4.68 Å². The van der Waals surface area contributed by atoms with Gasteiger partial charge in [0.2, 0.25) is 0 Å². The maximum Gasteiger partial charge on any atom is 0.251 e. The highest BCUT2D eigenvalue weighted by atomic mass is 35.5. The monoisotopic (exact) mass is 548 g/mol. The molecule has 1 saturated heterocycles. The molecule has 37 heavy (non-hydrogen) atoms. The van der Waals surface area contributed by atoms with Crippen molar-refractivity contribution in [3.63, 3.8) is 0 Å². The van der Waals surface area contributed by atoms with Crippen LogP contribution in [0.5, 0.6) is 0 Å². The van der Waals surface area contributed by atoms with Crippen LogP contribution in [0.3, 0.4) is 0 Å². The van der Waals surface area contributed by atoms with Crippen molar-refractivity contribution in [1.82, 2.24) is 30.4 Å². The molecule has 2 aromatic carbocycles. The summed E-state index contributed by atoms with van der Waals surface area (Å²) < 4.78 is 38.7. The fourth-order valence-electron chi connectivity index (χ4n) is 4.32. The van der Waals surface area contributed by atoms with Gasteiger partial charge in [-0.25, -0.2) is 12.8 Å². The Morgan fingerprint density at radius 1 is 1.14 bits per heavy atom. The van der Waals surface area contributed by atoms with E-state index in [1.807, 2.05) is 17.9 Å². The number of hydrogen-bond acceptors (Lipinski definition) is 7. The summed E-state index contributed by atoms with van der Waals surface area (Å²) in [6, 6.07) is 9.11. The summed E-state index contributed by atoms with van der Waals surface area (Å²) in [5.41, 5.74) is 2.14. The molecule has 1 atom stereocenters. The van der Waals surface area contributed by atoms with Crippen molar-refractivity contribution in [3.8, 4) is 16.8 Å². The van der Waals surface area contributed by atoms with Crippen LogP contribution < -0.4 is 5.32 Å². The van der Waals surface area contributed by atoms with Gasteiger partial charge in [0.1, 0.15) is 5.82 Å². The average molecular weight is 549 g/mol. The van der Waals surface area contributed by atoms with E-state index in [1.165, 1.54) is 12.1 Å². The molecule has 12 heteroatoms. The third-order valence-corrected chi connectivity index (χ3v) is 8.06. The van der Waals surface area contributed by atoms with Crippen molar-refractivity contribution in [2.75, 3.05) is 31.1 Å². The molecule has 3 aromatic rings. The summed E-state index contributed by atoms with van der Waals surface area (Å²) in [5, 5.41) is 15.3. The molecule has 1 N–H and O–H groups in total. The quantitative estimate of drug-likeness (QED) is 0.460. The zero-order valence-electron chi connectivity index (χ0n) is 21.0. The number of tetrazole rings is 1. The van der Waals surface area contributed by atoms with Crippen molar-refractivity contribution in [2.24, 2.45) is 5.92 Å². The number of nitrogens with zero attached hydrogens (tertiary/aromatic N) is 5. The number of hydrogen-bond donors (Lipinski definition) is 1. The lowest BCUT2D eigenvalue weighted by molar-refractivity contribution is 0.0930. The van der Waals surface area contributed by atoms with Gasteiger partial charge in [-0.3, -0.25) is 9.69 Å². The second kappa shape index (κ2) is 11.2. The van der Waals surface area contributed by atoms with Gasteiger partial charge in [0.05, 0.1) is 22.2 Å². The standard InChI is InChI=1S/C25H30ClFN6O3S/c1-16(2)10-24-29-30-31-33(24)21-12-18(22-5-4-20(27)14-23(22)26)11-19(13-21)25(34)28-17(3)15-32-6-8-37(35,36)9-7-32/h4-5,11-14,16-17H,6-10,15H2,1-3H3,(H,28,34)/t17-/m0/s1. The molecule has 1 aliphatic heterocycles. The van der Waals surface area contributed by atoms with Gasteiger partial charge in [-0.05, 0) is 65.2 Å². The van der Waals surface area contributed by atoms with Crippen molar-refractivity contribution < 1.29 is 17.6 Å². The normalized spacial score (nSPS) is 16.6. The average Bonchev–Trinajstić information content (AvgIpc) is 3.27. The van der Waals surface area contributed by atoms with Crippen LogP contribution >= 0.6 is 11.6 Å². The van der Waals surface area contributed by atoms with E-state index >= 15 is 0 Å². The molecule has 0 aliphatic carbocycles. The molecule has 4 rings (SSSR count). The van der Waals surface area contributed by atoms with Crippen LogP contribution in [0.1, 0.15) is 37.0 Å². The van der Waals surface area contributed by atoms with E-state index < -0.39 is 15.7 Å². The van der Waals surface area contributed by atoms with Crippen LogP contribution in [-0.4, -0.2) is 76.6 Å². The molecule has 2 heterocycles. The first kappa shape index (κ1) is 27.2. The SMILES string of the molecule is CC(C)Cc1nnnn1-c1cc(C(=O)N[C@@H](C)CN2CCS(=O)(=O)CC2)cc(-c2ccc(F)cc2Cl)c1. The molecule has 1 fully saturated rings. The molecule has 0 bridgehead atoms. The molecular weight excluding hydrogens is 519 g/mol. The molecule has 9 nitrogen and oxygen atoms in total. The third kappa shape index (κ3) is 6.91. The van der Waals surface area contributed by atoms with Crippen molar-refractivity contribution in [1.29, 1.82) is 0 Å². The molecular formula is C25H30ClFN6O3S. The number of carbonyl (C=O) groups is 1. The number of rotatable bonds is 8. The molecule has 0 spiro atoms. The fraction of sp³-hybridized carbons (Fsp3) is 0.440. The zero-order chi connectivity index (χ0) is 26.7. The Morgan fingerprint density at radius 2 is 1.86 bits per heavy atom. The van der Waals surface area contributed by atoms with E-state index in [1.54, 1.807) is 22.9 Å². The minimum absolute atomic E-state index is 0.127. The van der Waals surface area contributed by atoms with Crippen LogP contribution in [0.2, 0.25) is 5.02 Å². The largest absolute Gasteiger partial charge is 0.348 e. The Kier molecular flexibility index (Phi) is 8.25. The molecule has 1 amide bonds. The second-order valence-electron chi connectivity index (χ2n) is 9.82. The van der Waals surface area contributed by atoms with E-state index in [4.69, 9.17) is 11.6 Å². The molecule has 1 aliphatic rings. The van der Waals surface area contributed by atoms with Crippen LogP contribution in [0, 0.1) is 11.7 Å². The first-order valence-electron chi connectivity index (χ1n) is 12.1. The topological polar surface area (TPSA) is 110 Å². The van der Waals surface area contributed by atoms with Crippen LogP contribution in [0.15, 0.2) is 36.4 Å². The minimum atomic E-state index is -2.97. The molecule has 0 saturated carbocycles. The highest BCUT2D eigenvalue weighted by molar-refractivity contribution is 7.91. The summed E-state index contributed by atoms with van der Waals surface area (Å²) in [4.78, 5) is 15.4. The van der Waals surface area contributed by atoms with Gasteiger partial charge in [0.15, 0.2) is 15.7 Å². The first-order chi connectivity index (χ1) is 17.5. The predicted molar refractivity (Wildman–Crippen MR) is 140 cm³/mol. The number of nitrogens with one attached hydrogen (secondary N) is 1. The number of benzene rings is 2. The number of sulfone groups is 1. The Bertz CT molecular complexity index is 1380. The number of halogens is 2. The molecule has 0 unspecified atom stereocenters. The predicted octanol–water partition coefficient (Wildman–Crippen LogP) is 3.17. The molecule has 0 radical (unpaired) electrons. The van der Waals surface area contributed by atoms with Gasteiger partial charge >= 0.3 is 0 Å². The summed E-state index contributed by atoms with van der Waals surface area (Å²) in [5.74, 6) is 0.452. The summed E-state index contributed by atoms with van der Waals surface area (Å²) in [7, 11) is -2.97. The number of aromatic nitrogens is 4. The summed E-state index contributed by atoms with van der Waals surface area (Å²) >= 11 is 6.35. The van der Waals surface area contributed by atoms with Crippen LogP contribution in [0.25, 0.3) is 16.8 Å². The Hall–Kier alpha value is -2.89. The van der Waals surface area contributed by atoms with E-state index in [2.05, 4.69) is 34.7 Å². The van der Waals surface area contributed by atoms with E-state index in [0.29, 0.717) is 60.2 Å². The minimum Gasteiger partial charge on any atom is -0.348 e. The van der Waals surface area contributed by atoms with Gasteiger partial charge < -0.3 is 5.32 Å². The lowest BCUT2D eigenvalue weighted by Crippen LogP contribution is -2.47. The van der Waals surface area contributed by atoms with E-state index in [9.17, 15) is 17.6 Å². The van der Waals surface area contributed by atoms with Gasteiger partial charge in [-0.1, -0.05) is 25.4 Å². The lowest BCUT2D eigenvalue weighted by atomic mass is 10.0. The van der Waals surface area contributed by atoms with Gasteiger partial charge in [-0.15, -0.1) is 5.10 Å². The highest BCUT2D eigenvalue weighted by Gasteiger charge is 2.24. The number of amides is 1. The van der Waals surface area contributed by atoms with Gasteiger partial charge in [0.25, 0.3) is 5.91 Å². The maximum absolute atomic E-state index is 13.7. The summed E-state index contributed by atoms with van der Waals surface area (Å²) in [6.07, 6.45) is 0.638. The van der Waals surface area contributed by atoms with Crippen molar-refractivity contribution in [3.05, 3.63) is 58.6 Å². The first-order valence-corrected chi connectivity index (χ1v) is 14.3. The summed E-state index contributed by atoms with van der Waals surface area (Å²) in [6.45, 7) is 7.43. The Morgan fingerprint density at radius 3 is 2.54 bits per heavy atom. The van der Waals surface area contributed by atoms with Crippen LogP contribution in [0.4, 0.5) is 4.39 Å². The third-order valence-electron chi connectivity index (χ3n) is 6.14. The van der Waals surface area contributed by atoms with Crippen molar-refractivity contribution >= 4 is 27.3 Å². The lowest BCUT2D eigenvalue weighted by Gasteiger charge is -2.29. The highest BCUT2D eigenvalue weighted by Crippen LogP contribution is 2.31. The van der Waals surface area contributed by atoms with Crippen molar-refractivity contribution in [2.45, 2.75) is 33.2 Å². The zero-order valence-corrected chi connectivity index (χ0v) is 22.6. The Labute approximate surface area is 220 Å². The number of carbonyl (C=O) groups excluding carboxylic acids is 1. The van der Waals surface area contributed by atoms with E-state index in [-0.39, 0.29) is 28.5 Å². The maximum atomic E-state index is 13.7. The second-order valence-corrected chi connectivity index (χ2v) is 12.5. The smallest absolute Gasteiger partial charge is 0.251 e.